The van der Waals surface area contributed by atoms with E-state index in [0.29, 0.717) is 21.5 Å². The first kappa shape index (κ1) is 15.8. The number of phenols is 1. The Bertz CT molecular complexity index is 451. The Kier molecular flexibility index (Phi) is 4.76. The van der Waals surface area contributed by atoms with E-state index in [0.717, 1.165) is 24.4 Å². The predicted molar refractivity (Wildman–Crippen MR) is 87.0 cm³/mol. The molecule has 0 aliphatic heterocycles. The Morgan fingerprint density at radius 2 is 1.55 bits per heavy atom. The third-order valence-corrected chi connectivity index (χ3v) is 4.92. The number of hydrogen-bond donors (Lipinski definition) is 2. The number of benzene rings is 1. The molecule has 1 aromatic rings. The van der Waals surface area contributed by atoms with Gasteiger partial charge in [0.1, 0.15) is 0 Å². The molecule has 2 rings (SSSR count). The van der Waals surface area contributed by atoms with Crippen LogP contribution in [0.2, 0.25) is 10.0 Å². The lowest BCUT2D eigenvalue weighted by atomic mass is 9.71. The Morgan fingerprint density at radius 3 is 2.00 bits per heavy atom. The molecule has 0 unspecified atom stereocenters. The van der Waals surface area contributed by atoms with Gasteiger partial charge in [-0.05, 0) is 49.1 Å². The van der Waals surface area contributed by atoms with Crippen molar-refractivity contribution < 1.29 is 5.11 Å². The van der Waals surface area contributed by atoms with Crippen LogP contribution < -0.4 is 5.32 Å². The fourth-order valence-electron chi connectivity index (χ4n) is 2.99. The molecule has 1 fully saturated rings. The molecule has 1 aliphatic carbocycles. The molecule has 1 aromatic carbocycles. The van der Waals surface area contributed by atoms with Crippen LogP contribution in [-0.2, 0) is 0 Å². The lowest BCUT2D eigenvalue weighted by Crippen LogP contribution is -2.31. The minimum atomic E-state index is -0.0460. The third-order valence-electron chi connectivity index (χ3n) is 4.34. The maximum absolute atomic E-state index is 9.57. The summed E-state index contributed by atoms with van der Waals surface area (Å²) in [5, 5.41) is 13.6. The van der Waals surface area contributed by atoms with Gasteiger partial charge in [0.05, 0.1) is 10.0 Å². The van der Waals surface area contributed by atoms with E-state index in [1.807, 2.05) is 0 Å². The molecule has 0 bridgehead atoms. The topological polar surface area (TPSA) is 32.3 Å². The van der Waals surface area contributed by atoms with E-state index in [2.05, 4.69) is 26.1 Å². The van der Waals surface area contributed by atoms with Crippen molar-refractivity contribution in [3.05, 3.63) is 22.2 Å². The molecule has 0 saturated heterocycles. The highest BCUT2D eigenvalue weighted by atomic mass is 35.5. The Hall–Kier alpha value is -0.600. The van der Waals surface area contributed by atoms with Gasteiger partial charge in [-0.15, -0.1) is 0 Å². The lowest BCUT2D eigenvalue weighted by Gasteiger charge is -2.37. The van der Waals surface area contributed by atoms with E-state index < -0.39 is 0 Å². The second-order valence-electron chi connectivity index (χ2n) is 6.85. The Morgan fingerprint density at radius 1 is 1.05 bits per heavy atom. The van der Waals surface area contributed by atoms with Crippen molar-refractivity contribution in [3.63, 3.8) is 0 Å². The summed E-state index contributed by atoms with van der Waals surface area (Å²) in [4.78, 5) is 0. The number of hydrogen-bond acceptors (Lipinski definition) is 2. The molecule has 112 valence electrons. The maximum atomic E-state index is 9.57. The number of anilines is 1. The molecule has 2 N–H and O–H groups in total. The molecule has 20 heavy (non-hydrogen) atoms. The SMILES string of the molecule is CC(C)(C)C1CCC(Nc2cc(Cl)c(O)c(Cl)c2)CC1. The first-order valence-corrected chi connectivity index (χ1v) is 7.97. The molecular formula is C16H23Cl2NO. The van der Waals surface area contributed by atoms with Crippen molar-refractivity contribution in [3.8, 4) is 5.75 Å². The highest BCUT2D eigenvalue weighted by Gasteiger charge is 2.29. The van der Waals surface area contributed by atoms with E-state index in [9.17, 15) is 5.11 Å². The summed E-state index contributed by atoms with van der Waals surface area (Å²) < 4.78 is 0. The summed E-state index contributed by atoms with van der Waals surface area (Å²) in [7, 11) is 0. The van der Waals surface area contributed by atoms with Gasteiger partial charge in [0.25, 0.3) is 0 Å². The smallest absolute Gasteiger partial charge is 0.152 e. The monoisotopic (exact) mass is 315 g/mol. The van der Waals surface area contributed by atoms with Crippen LogP contribution in [0.4, 0.5) is 5.69 Å². The first-order chi connectivity index (χ1) is 9.27. The predicted octanol–water partition coefficient (Wildman–Crippen LogP) is 5.72. The second-order valence-corrected chi connectivity index (χ2v) is 7.66. The molecule has 2 nitrogen and oxygen atoms in total. The van der Waals surface area contributed by atoms with Crippen LogP contribution in [-0.4, -0.2) is 11.1 Å². The second kappa shape index (κ2) is 6.03. The van der Waals surface area contributed by atoms with Gasteiger partial charge < -0.3 is 10.4 Å². The van der Waals surface area contributed by atoms with Gasteiger partial charge >= 0.3 is 0 Å². The van der Waals surface area contributed by atoms with E-state index in [1.54, 1.807) is 12.1 Å². The van der Waals surface area contributed by atoms with Gasteiger partial charge in [-0.2, -0.15) is 0 Å². The summed E-state index contributed by atoms with van der Waals surface area (Å²) in [5.41, 5.74) is 1.29. The van der Waals surface area contributed by atoms with E-state index in [-0.39, 0.29) is 5.75 Å². The van der Waals surface area contributed by atoms with Crippen molar-refractivity contribution in [1.29, 1.82) is 0 Å². The molecule has 0 atom stereocenters. The van der Waals surface area contributed by atoms with Crippen LogP contribution in [0.1, 0.15) is 46.5 Å². The fraction of sp³-hybridized carbons (Fsp3) is 0.625. The molecule has 0 spiro atoms. The molecule has 0 amide bonds. The minimum Gasteiger partial charge on any atom is -0.505 e. The fourth-order valence-corrected chi connectivity index (χ4v) is 3.48. The summed E-state index contributed by atoms with van der Waals surface area (Å²) in [6.45, 7) is 6.97. The van der Waals surface area contributed by atoms with Crippen molar-refractivity contribution >= 4 is 28.9 Å². The Balaban J connectivity index is 1.96. The minimum absolute atomic E-state index is 0.0460. The van der Waals surface area contributed by atoms with Gasteiger partial charge in [0.2, 0.25) is 0 Å². The van der Waals surface area contributed by atoms with Crippen molar-refractivity contribution in [2.24, 2.45) is 11.3 Å². The summed E-state index contributed by atoms with van der Waals surface area (Å²) in [6.07, 6.45) is 4.83. The average molecular weight is 316 g/mol. The molecule has 0 radical (unpaired) electrons. The zero-order valence-electron chi connectivity index (χ0n) is 12.3. The number of aromatic hydroxyl groups is 1. The van der Waals surface area contributed by atoms with Gasteiger partial charge in [0.15, 0.2) is 5.75 Å². The molecule has 1 saturated carbocycles. The van der Waals surface area contributed by atoms with Gasteiger partial charge in [0, 0.05) is 11.7 Å². The molecule has 4 heteroatoms. The standard InChI is InChI=1S/C16H23Cl2NO/c1-16(2,3)10-4-6-11(7-5-10)19-12-8-13(17)15(20)14(18)9-12/h8-11,19-20H,4-7H2,1-3H3. The number of halogens is 2. The van der Waals surface area contributed by atoms with Crippen LogP contribution >= 0.6 is 23.2 Å². The molecule has 1 aliphatic rings. The van der Waals surface area contributed by atoms with E-state index >= 15 is 0 Å². The van der Waals surface area contributed by atoms with Gasteiger partial charge in [-0.25, -0.2) is 0 Å². The zero-order valence-corrected chi connectivity index (χ0v) is 13.9. The summed E-state index contributed by atoms with van der Waals surface area (Å²) in [5.74, 6) is 0.753. The maximum Gasteiger partial charge on any atom is 0.152 e. The average Bonchev–Trinajstić information content (AvgIpc) is 2.35. The molecule has 0 heterocycles. The largest absolute Gasteiger partial charge is 0.505 e. The first-order valence-electron chi connectivity index (χ1n) is 7.22. The molecule has 0 aromatic heterocycles. The normalized spacial score (nSPS) is 23.6. The lowest BCUT2D eigenvalue weighted by molar-refractivity contribution is 0.173. The number of phenolic OH excluding ortho intramolecular Hbond substituents is 1. The quantitative estimate of drug-likeness (QED) is 0.684. The van der Waals surface area contributed by atoms with Gasteiger partial charge in [-0.1, -0.05) is 44.0 Å². The summed E-state index contributed by atoms with van der Waals surface area (Å²) in [6, 6.07) is 3.93. The van der Waals surface area contributed by atoms with Crippen LogP contribution in [0.5, 0.6) is 5.75 Å². The van der Waals surface area contributed by atoms with Crippen LogP contribution in [0, 0.1) is 11.3 Å². The highest BCUT2D eigenvalue weighted by molar-refractivity contribution is 6.37. The summed E-state index contributed by atoms with van der Waals surface area (Å²) >= 11 is 11.9. The number of rotatable bonds is 2. The number of nitrogens with one attached hydrogen (secondary N) is 1. The van der Waals surface area contributed by atoms with Crippen LogP contribution in [0.15, 0.2) is 12.1 Å². The van der Waals surface area contributed by atoms with Crippen molar-refractivity contribution in [2.45, 2.75) is 52.5 Å². The van der Waals surface area contributed by atoms with E-state index in [4.69, 9.17) is 23.2 Å². The van der Waals surface area contributed by atoms with Crippen molar-refractivity contribution in [2.75, 3.05) is 5.32 Å². The Labute approximate surface area is 131 Å². The zero-order chi connectivity index (χ0) is 14.9. The van der Waals surface area contributed by atoms with Crippen LogP contribution in [0.25, 0.3) is 0 Å². The van der Waals surface area contributed by atoms with Gasteiger partial charge in [-0.3, -0.25) is 0 Å². The highest BCUT2D eigenvalue weighted by Crippen LogP contribution is 2.39. The van der Waals surface area contributed by atoms with Crippen LogP contribution in [0.3, 0.4) is 0 Å². The van der Waals surface area contributed by atoms with E-state index in [1.165, 1.54) is 12.8 Å². The third kappa shape index (κ3) is 3.73. The molecular weight excluding hydrogens is 293 g/mol. The van der Waals surface area contributed by atoms with Crippen molar-refractivity contribution in [1.82, 2.24) is 0 Å².